The lowest BCUT2D eigenvalue weighted by Crippen LogP contribution is -2.45. The van der Waals surface area contributed by atoms with Crippen molar-refractivity contribution in [3.8, 4) is 12.5 Å². The number of carbonyl (C=O) groups excluding carboxylic acids is 2. The van der Waals surface area contributed by atoms with Gasteiger partial charge in [-0.15, -0.1) is 0 Å². The molecule has 27 heavy (non-hydrogen) atoms. The van der Waals surface area contributed by atoms with Crippen molar-refractivity contribution in [2.45, 2.75) is 38.6 Å². The highest BCUT2D eigenvalue weighted by Crippen LogP contribution is 2.17. The molecule has 0 aromatic heterocycles. The molecule has 1 rings (SSSR count). The average molecular weight is 383 g/mol. The predicted octanol–water partition coefficient (Wildman–Crippen LogP) is 0.124. The number of ether oxygens (including phenoxy) is 3. The first-order valence-electron chi connectivity index (χ1n) is 9.63. The Morgan fingerprint density at radius 1 is 1.04 bits per heavy atom. The minimum absolute atomic E-state index is 0.0395. The Bertz CT molecular complexity index is 467. The second kappa shape index (κ2) is 15.3. The zero-order valence-electron chi connectivity index (χ0n) is 16.3. The SMILES string of the molecule is C#CNCCCOCCOCCOCCCNC(=O)C1CCCN1C(C)=O. The largest absolute Gasteiger partial charge is 0.379 e. The molecular formula is C19H33N3O5. The van der Waals surface area contributed by atoms with E-state index in [-0.39, 0.29) is 17.9 Å². The van der Waals surface area contributed by atoms with Gasteiger partial charge in [-0.1, -0.05) is 6.42 Å². The second-order valence-electron chi connectivity index (χ2n) is 6.28. The van der Waals surface area contributed by atoms with E-state index in [0.717, 1.165) is 32.2 Å². The van der Waals surface area contributed by atoms with Crippen LogP contribution in [0.15, 0.2) is 0 Å². The van der Waals surface area contributed by atoms with E-state index in [4.69, 9.17) is 20.6 Å². The number of rotatable bonds is 15. The standard InChI is InChI=1S/C19H33N3O5/c1-3-20-8-5-11-25-13-15-27-16-14-26-12-6-9-21-19(24)18-7-4-10-22(18)17(2)23/h1,18,20H,4-16H2,2H3,(H,21,24). The Labute approximate surface area is 162 Å². The van der Waals surface area contributed by atoms with Crippen LogP contribution >= 0.6 is 0 Å². The molecule has 8 nitrogen and oxygen atoms in total. The van der Waals surface area contributed by atoms with Crippen molar-refractivity contribution >= 4 is 11.8 Å². The first-order chi connectivity index (χ1) is 13.2. The zero-order chi connectivity index (χ0) is 19.7. The Kier molecular flexibility index (Phi) is 13.1. The Hall–Kier alpha value is -1.82. The Morgan fingerprint density at radius 3 is 2.22 bits per heavy atom. The summed E-state index contributed by atoms with van der Waals surface area (Å²) in [5.74, 6) is -0.108. The summed E-state index contributed by atoms with van der Waals surface area (Å²) in [7, 11) is 0. The van der Waals surface area contributed by atoms with E-state index in [1.807, 2.05) is 0 Å². The maximum absolute atomic E-state index is 12.1. The number of hydrogen-bond acceptors (Lipinski definition) is 6. The van der Waals surface area contributed by atoms with Gasteiger partial charge in [-0.25, -0.2) is 0 Å². The van der Waals surface area contributed by atoms with Gasteiger partial charge in [-0.05, 0) is 25.7 Å². The molecule has 1 heterocycles. The van der Waals surface area contributed by atoms with Crippen LogP contribution in [-0.2, 0) is 23.8 Å². The number of amides is 2. The lowest BCUT2D eigenvalue weighted by Gasteiger charge is -2.22. The summed E-state index contributed by atoms with van der Waals surface area (Å²) in [6, 6.07) is 2.04. The molecule has 0 aromatic rings. The van der Waals surface area contributed by atoms with E-state index >= 15 is 0 Å². The van der Waals surface area contributed by atoms with Crippen molar-refractivity contribution in [2.75, 3.05) is 59.3 Å². The molecule has 2 N–H and O–H groups in total. The molecule has 0 aliphatic carbocycles. The molecule has 2 amide bonds. The summed E-state index contributed by atoms with van der Waals surface area (Å²) in [6.07, 6.45) is 8.29. The summed E-state index contributed by atoms with van der Waals surface area (Å²) in [5, 5.41) is 5.65. The van der Waals surface area contributed by atoms with Crippen LogP contribution in [0.1, 0.15) is 32.6 Å². The quantitative estimate of drug-likeness (QED) is 0.237. The number of likely N-dealkylation sites (tertiary alicyclic amines) is 1. The minimum Gasteiger partial charge on any atom is -0.379 e. The lowest BCUT2D eigenvalue weighted by atomic mass is 10.2. The molecule has 0 spiro atoms. The van der Waals surface area contributed by atoms with Crippen molar-refractivity contribution in [2.24, 2.45) is 0 Å². The van der Waals surface area contributed by atoms with E-state index in [2.05, 4.69) is 16.7 Å². The van der Waals surface area contributed by atoms with E-state index in [1.54, 1.807) is 4.90 Å². The molecule has 154 valence electrons. The van der Waals surface area contributed by atoms with Crippen LogP contribution in [0.25, 0.3) is 0 Å². The summed E-state index contributed by atoms with van der Waals surface area (Å²) in [5.41, 5.74) is 0. The maximum Gasteiger partial charge on any atom is 0.242 e. The molecule has 1 fully saturated rings. The van der Waals surface area contributed by atoms with Gasteiger partial charge in [0.15, 0.2) is 0 Å². The van der Waals surface area contributed by atoms with Gasteiger partial charge in [-0.2, -0.15) is 0 Å². The molecule has 0 saturated carbocycles. The van der Waals surface area contributed by atoms with Crippen LogP contribution in [0.2, 0.25) is 0 Å². The average Bonchev–Trinajstić information content (AvgIpc) is 3.15. The van der Waals surface area contributed by atoms with Gasteiger partial charge in [0, 0.05) is 45.8 Å². The molecule has 0 bridgehead atoms. The van der Waals surface area contributed by atoms with Crippen LogP contribution in [0.4, 0.5) is 0 Å². The predicted molar refractivity (Wildman–Crippen MR) is 102 cm³/mol. The molecule has 1 unspecified atom stereocenters. The summed E-state index contributed by atoms with van der Waals surface area (Å²) in [4.78, 5) is 25.2. The second-order valence-corrected chi connectivity index (χ2v) is 6.28. The van der Waals surface area contributed by atoms with Gasteiger partial charge in [0.2, 0.25) is 11.8 Å². The fourth-order valence-electron chi connectivity index (χ4n) is 2.80. The highest BCUT2D eigenvalue weighted by molar-refractivity contribution is 5.87. The topological polar surface area (TPSA) is 89.1 Å². The van der Waals surface area contributed by atoms with E-state index in [0.29, 0.717) is 52.7 Å². The summed E-state index contributed by atoms with van der Waals surface area (Å²) in [6.45, 7) is 6.82. The van der Waals surface area contributed by atoms with Crippen LogP contribution in [0.5, 0.6) is 0 Å². The smallest absolute Gasteiger partial charge is 0.242 e. The van der Waals surface area contributed by atoms with Crippen molar-refractivity contribution in [3.05, 3.63) is 0 Å². The number of nitrogens with one attached hydrogen (secondary N) is 2. The molecular weight excluding hydrogens is 350 g/mol. The van der Waals surface area contributed by atoms with Crippen LogP contribution in [0.3, 0.4) is 0 Å². The highest BCUT2D eigenvalue weighted by atomic mass is 16.5. The van der Waals surface area contributed by atoms with Gasteiger partial charge >= 0.3 is 0 Å². The van der Waals surface area contributed by atoms with Gasteiger partial charge < -0.3 is 29.7 Å². The Balaban J connectivity index is 1.85. The van der Waals surface area contributed by atoms with E-state index in [1.165, 1.54) is 6.92 Å². The third-order valence-electron chi connectivity index (χ3n) is 4.16. The molecule has 0 radical (unpaired) electrons. The summed E-state index contributed by atoms with van der Waals surface area (Å²) < 4.78 is 16.3. The highest BCUT2D eigenvalue weighted by Gasteiger charge is 2.31. The lowest BCUT2D eigenvalue weighted by molar-refractivity contribution is -0.136. The minimum atomic E-state index is -0.312. The van der Waals surface area contributed by atoms with E-state index < -0.39 is 0 Å². The number of carbonyl (C=O) groups is 2. The first-order valence-corrected chi connectivity index (χ1v) is 9.63. The van der Waals surface area contributed by atoms with Crippen molar-refractivity contribution < 1.29 is 23.8 Å². The molecule has 8 heteroatoms. The molecule has 0 aromatic carbocycles. The normalized spacial score (nSPS) is 16.1. The maximum atomic E-state index is 12.1. The molecule has 1 saturated heterocycles. The molecule has 1 aliphatic rings. The van der Waals surface area contributed by atoms with Gasteiger partial charge in [0.05, 0.1) is 26.4 Å². The monoisotopic (exact) mass is 383 g/mol. The zero-order valence-corrected chi connectivity index (χ0v) is 16.3. The first kappa shape index (κ1) is 23.2. The fourth-order valence-corrected chi connectivity index (χ4v) is 2.80. The number of nitrogens with zero attached hydrogens (tertiary/aromatic N) is 1. The van der Waals surface area contributed by atoms with E-state index in [9.17, 15) is 9.59 Å². The summed E-state index contributed by atoms with van der Waals surface area (Å²) >= 11 is 0. The number of hydrogen-bond donors (Lipinski definition) is 2. The van der Waals surface area contributed by atoms with Crippen molar-refractivity contribution in [3.63, 3.8) is 0 Å². The van der Waals surface area contributed by atoms with Gasteiger partial charge in [-0.3, -0.25) is 9.59 Å². The van der Waals surface area contributed by atoms with Gasteiger partial charge in [0.1, 0.15) is 6.04 Å². The van der Waals surface area contributed by atoms with Gasteiger partial charge in [0.25, 0.3) is 0 Å². The van der Waals surface area contributed by atoms with Crippen LogP contribution < -0.4 is 10.6 Å². The molecule has 1 aliphatic heterocycles. The van der Waals surface area contributed by atoms with Crippen LogP contribution in [0, 0.1) is 12.5 Å². The van der Waals surface area contributed by atoms with Crippen LogP contribution in [-0.4, -0.2) is 82.0 Å². The fraction of sp³-hybridized carbons (Fsp3) is 0.789. The third kappa shape index (κ3) is 10.8. The number of terminal acetylenes is 1. The third-order valence-corrected chi connectivity index (χ3v) is 4.16. The van der Waals surface area contributed by atoms with Crippen molar-refractivity contribution in [1.82, 2.24) is 15.5 Å². The Morgan fingerprint density at radius 2 is 1.63 bits per heavy atom. The van der Waals surface area contributed by atoms with Crippen molar-refractivity contribution in [1.29, 1.82) is 0 Å². The molecule has 1 atom stereocenters.